The smallest absolute Gasteiger partial charge is 0.0349 e. The molecule has 2 aromatic heterocycles. The van der Waals surface area contributed by atoms with Gasteiger partial charge in [-0.15, -0.1) is 0 Å². The predicted octanol–water partition coefficient (Wildman–Crippen LogP) is 3.58. The van der Waals surface area contributed by atoms with E-state index in [1.165, 1.54) is 16.7 Å². The number of hydrogen-bond donors (Lipinski definition) is 0. The van der Waals surface area contributed by atoms with Crippen LogP contribution in [0.3, 0.4) is 0 Å². The first-order valence-corrected chi connectivity index (χ1v) is 5.55. The SMILES string of the molecule is Cc1c(-c2cccnc2)cncc1C(C)C. The molecule has 82 valence electrons. The van der Waals surface area contributed by atoms with Crippen molar-refractivity contribution in [3.8, 4) is 11.1 Å². The summed E-state index contributed by atoms with van der Waals surface area (Å²) in [7, 11) is 0. The lowest BCUT2D eigenvalue weighted by atomic mass is 9.94. The summed E-state index contributed by atoms with van der Waals surface area (Å²) in [6, 6.07) is 4.03. The lowest BCUT2D eigenvalue weighted by Gasteiger charge is -2.12. The molecule has 0 N–H and O–H groups in total. The molecular weight excluding hydrogens is 196 g/mol. The van der Waals surface area contributed by atoms with E-state index in [-0.39, 0.29) is 0 Å². The van der Waals surface area contributed by atoms with Crippen molar-refractivity contribution in [2.75, 3.05) is 0 Å². The molecule has 0 spiro atoms. The first kappa shape index (κ1) is 10.8. The van der Waals surface area contributed by atoms with Crippen molar-refractivity contribution in [1.29, 1.82) is 0 Å². The van der Waals surface area contributed by atoms with Crippen LogP contribution in [0.15, 0.2) is 36.9 Å². The van der Waals surface area contributed by atoms with Crippen LogP contribution in [0.5, 0.6) is 0 Å². The zero-order valence-corrected chi connectivity index (χ0v) is 9.94. The van der Waals surface area contributed by atoms with Crippen LogP contribution in [0.4, 0.5) is 0 Å². The molecular formula is C14H16N2. The van der Waals surface area contributed by atoms with E-state index >= 15 is 0 Å². The first-order chi connectivity index (χ1) is 7.70. The Hall–Kier alpha value is -1.70. The lowest BCUT2D eigenvalue weighted by Crippen LogP contribution is -1.96. The second kappa shape index (κ2) is 4.44. The Kier molecular flexibility index (Phi) is 3.00. The topological polar surface area (TPSA) is 25.8 Å². The molecule has 0 aromatic carbocycles. The summed E-state index contributed by atoms with van der Waals surface area (Å²) in [6.45, 7) is 6.54. The van der Waals surface area contributed by atoms with Crippen molar-refractivity contribution >= 4 is 0 Å². The average Bonchev–Trinajstić information content (AvgIpc) is 2.30. The summed E-state index contributed by atoms with van der Waals surface area (Å²) in [5, 5.41) is 0. The normalized spacial score (nSPS) is 10.8. The van der Waals surface area contributed by atoms with E-state index in [1.54, 1.807) is 6.20 Å². The lowest BCUT2D eigenvalue weighted by molar-refractivity contribution is 0.848. The fourth-order valence-electron chi connectivity index (χ4n) is 1.94. The summed E-state index contributed by atoms with van der Waals surface area (Å²) >= 11 is 0. The maximum Gasteiger partial charge on any atom is 0.0349 e. The van der Waals surface area contributed by atoms with Gasteiger partial charge < -0.3 is 0 Å². The van der Waals surface area contributed by atoms with Crippen molar-refractivity contribution in [3.63, 3.8) is 0 Å². The molecule has 0 amide bonds. The van der Waals surface area contributed by atoms with Crippen LogP contribution in [0, 0.1) is 6.92 Å². The predicted molar refractivity (Wildman–Crippen MR) is 66.3 cm³/mol. The fraction of sp³-hybridized carbons (Fsp3) is 0.286. The van der Waals surface area contributed by atoms with Gasteiger partial charge in [-0.3, -0.25) is 9.97 Å². The maximum absolute atomic E-state index is 4.32. The highest BCUT2D eigenvalue weighted by atomic mass is 14.6. The largest absolute Gasteiger partial charge is 0.264 e. The number of pyridine rings is 2. The number of nitrogens with zero attached hydrogens (tertiary/aromatic N) is 2. The summed E-state index contributed by atoms with van der Waals surface area (Å²) in [6.07, 6.45) is 7.55. The Bertz CT molecular complexity index is 475. The van der Waals surface area contributed by atoms with Gasteiger partial charge >= 0.3 is 0 Å². The maximum atomic E-state index is 4.32. The standard InChI is InChI=1S/C14H16N2/c1-10(2)13-8-16-9-14(11(13)3)12-5-4-6-15-7-12/h4-10H,1-3H3. The second-order valence-electron chi connectivity index (χ2n) is 4.30. The third kappa shape index (κ3) is 1.96. The van der Waals surface area contributed by atoms with E-state index in [0.717, 1.165) is 5.56 Å². The van der Waals surface area contributed by atoms with Crippen molar-refractivity contribution in [2.24, 2.45) is 0 Å². The molecule has 0 bridgehead atoms. The van der Waals surface area contributed by atoms with Gasteiger partial charge in [0.1, 0.15) is 0 Å². The molecule has 2 nitrogen and oxygen atoms in total. The molecule has 16 heavy (non-hydrogen) atoms. The van der Waals surface area contributed by atoms with Gasteiger partial charge in [-0.1, -0.05) is 19.9 Å². The van der Waals surface area contributed by atoms with E-state index in [4.69, 9.17) is 0 Å². The van der Waals surface area contributed by atoms with Gasteiger partial charge in [0.15, 0.2) is 0 Å². The summed E-state index contributed by atoms with van der Waals surface area (Å²) in [4.78, 5) is 8.46. The molecule has 2 heterocycles. The minimum absolute atomic E-state index is 0.504. The highest BCUT2D eigenvalue weighted by molar-refractivity contribution is 5.66. The van der Waals surface area contributed by atoms with Crippen LogP contribution in [-0.2, 0) is 0 Å². The van der Waals surface area contributed by atoms with Crippen molar-refractivity contribution in [1.82, 2.24) is 9.97 Å². The van der Waals surface area contributed by atoms with Crippen LogP contribution in [0.25, 0.3) is 11.1 Å². The highest BCUT2D eigenvalue weighted by Gasteiger charge is 2.09. The van der Waals surface area contributed by atoms with Crippen LogP contribution in [0.2, 0.25) is 0 Å². The molecule has 2 heteroatoms. The van der Waals surface area contributed by atoms with Crippen molar-refractivity contribution < 1.29 is 0 Å². The summed E-state index contributed by atoms with van der Waals surface area (Å²) in [5.74, 6) is 0.504. The molecule has 0 fully saturated rings. The molecule has 0 radical (unpaired) electrons. The van der Waals surface area contributed by atoms with Crippen LogP contribution in [-0.4, -0.2) is 9.97 Å². The van der Waals surface area contributed by atoms with Gasteiger partial charge in [-0.05, 0) is 30.0 Å². The van der Waals surface area contributed by atoms with E-state index in [9.17, 15) is 0 Å². The van der Waals surface area contributed by atoms with E-state index in [2.05, 4.69) is 36.8 Å². The van der Waals surface area contributed by atoms with Crippen molar-refractivity contribution in [2.45, 2.75) is 26.7 Å². The molecule has 2 aromatic rings. The Labute approximate surface area is 96.4 Å². The van der Waals surface area contributed by atoms with Crippen molar-refractivity contribution in [3.05, 3.63) is 48.0 Å². The fourth-order valence-corrected chi connectivity index (χ4v) is 1.94. The highest BCUT2D eigenvalue weighted by Crippen LogP contribution is 2.27. The Balaban J connectivity index is 2.55. The zero-order chi connectivity index (χ0) is 11.5. The summed E-state index contributed by atoms with van der Waals surface area (Å²) < 4.78 is 0. The van der Waals surface area contributed by atoms with Crippen LogP contribution in [0.1, 0.15) is 30.9 Å². The monoisotopic (exact) mass is 212 g/mol. The first-order valence-electron chi connectivity index (χ1n) is 5.55. The van der Waals surface area contributed by atoms with Gasteiger partial charge in [0.25, 0.3) is 0 Å². The van der Waals surface area contributed by atoms with Crippen LogP contribution < -0.4 is 0 Å². The van der Waals surface area contributed by atoms with Gasteiger partial charge in [0.2, 0.25) is 0 Å². The van der Waals surface area contributed by atoms with E-state index in [1.807, 2.05) is 24.7 Å². The molecule has 0 aliphatic heterocycles. The number of aromatic nitrogens is 2. The Morgan fingerprint density at radius 3 is 2.50 bits per heavy atom. The van der Waals surface area contributed by atoms with Gasteiger partial charge in [-0.2, -0.15) is 0 Å². The third-order valence-corrected chi connectivity index (χ3v) is 2.85. The van der Waals surface area contributed by atoms with Gasteiger partial charge in [0.05, 0.1) is 0 Å². The summed E-state index contributed by atoms with van der Waals surface area (Å²) in [5.41, 5.74) is 4.92. The minimum atomic E-state index is 0.504. The molecule has 0 atom stereocenters. The molecule has 0 saturated heterocycles. The molecule has 0 aliphatic rings. The van der Waals surface area contributed by atoms with Gasteiger partial charge in [0, 0.05) is 35.9 Å². The molecule has 0 aliphatic carbocycles. The number of rotatable bonds is 2. The minimum Gasteiger partial charge on any atom is -0.264 e. The Morgan fingerprint density at radius 1 is 1.06 bits per heavy atom. The van der Waals surface area contributed by atoms with Crippen LogP contribution >= 0.6 is 0 Å². The molecule has 0 saturated carbocycles. The Morgan fingerprint density at radius 2 is 1.88 bits per heavy atom. The number of hydrogen-bond acceptors (Lipinski definition) is 2. The van der Waals surface area contributed by atoms with E-state index < -0.39 is 0 Å². The third-order valence-electron chi connectivity index (χ3n) is 2.85. The average molecular weight is 212 g/mol. The quantitative estimate of drug-likeness (QED) is 0.760. The molecule has 0 unspecified atom stereocenters. The zero-order valence-electron chi connectivity index (χ0n) is 9.94. The van der Waals surface area contributed by atoms with Gasteiger partial charge in [-0.25, -0.2) is 0 Å². The molecule has 2 rings (SSSR count). The van der Waals surface area contributed by atoms with E-state index in [0.29, 0.717) is 5.92 Å². The second-order valence-corrected chi connectivity index (χ2v) is 4.30.